The number of nitrogens with one attached hydrogen (secondary N) is 1. The Labute approximate surface area is 109 Å². The summed E-state index contributed by atoms with van der Waals surface area (Å²) in [4.78, 5) is 16.4. The van der Waals surface area contributed by atoms with Crippen molar-refractivity contribution in [2.45, 2.75) is 26.3 Å². The second-order valence-corrected chi connectivity index (χ2v) is 4.80. The second-order valence-electron chi connectivity index (χ2n) is 4.24. The number of carbonyl (C=O) groups is 1. The minimum Gasteiger partial charge on any atom is -0.480 e. The van der Waals surface area contributed by atoms with E-state index in [1.807, 2.05) is 32.0 Å². The highest BCUT2D eigenvalue weighted by atomic mass is 79.9. The predicted molar refractivity (Wildman–Crippen MR) is 69.5 cm³/mol. The third kappa shape index (κ3) is 3.44. The Kier molecular flexibility index (Phi) is 4.54. The van der Waals surface area contributed by atoms with Crippen LogP contribution in [0, 0.1) is 13.8 Å². The standard InChI is InChI=1S/C12H16BrNO3/c1-8-4-5-9(2)10(6-8)17-14-12(3,7-13)11(15)16/h4-6,14H,7H2,1-3H3,(H,15,16). The minimum absolute atomic E-state index is 0.250. The molecule has 0 aliphatic rings. The van der Waals surface area contributed by atoms with Crippen LogP contribution in [0.25, 0.3) is 0 Å². The maximum Gasteiger partial charge on any atom is 0.327 e. The number of aliphatic carboxylic acids is 1. The quantitative estimate of drug-likeness (QED) is 0.648. The van der Waals surface area contributed by atoms with Crippen LogP contribution in [-0.4, -0.2) is 21.9 Å². The fourth-order valence-corrected chi connectivity index (χ4v) is 1.47. The zero-order valence-corrected chi connectivity index (χ0v) is 11.7. The van der Waals surface area contributed by atoms with Crippen LogP contribution in [0.3, 0.4) is 0 Å². The van der Waals surface area contributed by atoms with E-state index in [-0.39, 0.29) is 5.33 Å². The Balaban J connectivity index is 2.79. The zero-order chi connectivity index (χ0) is 13.1. The van der Waals surface area contributed by atoms with Crippen molar-refractivity contribution in [3.8, 4) is 5.75 Å². The molecular formula is C12H16BrNO3. The molecule has 0 radical (unpaired) electrons. The second kappa shape index (κ2) is 5.51. The molecule has 0 aromatic heterocycles. The number of hydroxylamine groups is 1. The highest BCUT2D eigenvalue weighted by Gasteiger charge is 2.33. The van der Waals surface area contributed by atoms with E-state index in [2.05, 4.69) is 21.4 Å². The number of carboxylic acid groups (broad SMARTS) is 1. The fraction of sp³-hybridized carbons (Fsp3) is 0.417. The number of rotatable bonds is 5. The summed E-state index contributed by atoms with van der Waals surface area (Å²) in [6.07, 6.45) is 0. The number of hydrogen-bond acceptors (Lipinski definition) is 3. The number of hydrogen-bond donors (Lipinski definition) is 2. The van der Waals surface area contributed by atoms with Crippen molar-refractivity contribution in [3.05, 3.63) is 29.3 Å². The van der Waals surface area contributed by atoms with E-state index in [0.717, 1.165) is 11.1 Å². The van der Waals surface area contributed by atoms with Crippen LogP contribution in [0.1, 0.15) is 18.1 Å². The van der Waals surface area contributed by atoms with Gasteiger partial charge >= 0.3 is 5.97 Å². The lowest BCUT2D eigenvalue weighted by Gasteiger charge is -2.23. The van der Waals surface area contributed by atoms with Crippen molar-refractivity contribution in [2.24, 2.45) is 0 Å². The summed E-state index contributed by atoms with van der Waals surface area (Å²) < 4.78 is 0. The van der Waals surface area contributed by atoms with E-state index < -0.39 is 11.5 Å². The van der Waals surface area contributed by atoms with Gasteiger partial charge in [-0.25, -0.2) is 0 Å². The lowest BCUT2D eigenvalue weighted by Crippen LogP contribution is -2.52. The Morgan fingerprint density at radius 2 is 2.18 bits per heavy atom. The number of alkyl halides is 1. The summed E-state index contributed by atoms with van der Waals surface area (Å²) in [5, 5.41) is 9.31. The molecule has 4 nitrogen and oxygen atoms in total. The molecule has 1 unspecified atom stereocenters. The molecule has 1 aromatic rings. The average Bonchev–Trinajstić information content (AvgIpc) is 2.29. The van der Waals surface area contributed by atoms with E-state index in [4.69, 9.17) is 9.94 Å². The topological polar surface area (TPSA) is 58.6 Å². The monoisotopic (exact) mass is 301 g/mol. The maximum absolute atomic E-state index is 11.1. The van der Waals surface area contributed by atoms with Crippen molar-refractivity contribution in [1.82, 2.24) is 5.48 Å². The number of benzene rings is 1. The molecule has 1 aromatic carbocycles. The highest BCUT2D eigenvalue weighted by Crippen LogP contribution is 2.19. The number of aryl methyl sites for hydroxylation is 2. The summed E-state index contributed by atoms with van der Waals surface area (Å²) in [6, 6.07) is 5.76. The van der Waals surface area contributed by atoms with Crippen LogP contribution in [0.15, 0.2) is 18.2 Å². The molecule has 0 aliphatic heterocycles. The molecule has 2 N–H and O–H groups in total. The minimum atomic E-state index is -1.16. The molecule has 0 bridgehead atoms. The molecule has 94 valence electrons. The van der Waals surface area contributed by atoms with Crippen molar-refractivity contribution >= 4 is 21.9 Å². The van der Waals surface area contributed by atoms with Gasteiger partial charge in [-0.1, -0.05) is 28.1 Å². The Morgan fingerprint density at radius 1 is 1.53 bits per heavy atom. The summed E-state index contributed by atoms with van der Waals surface area (Å²) in [6.45, 7) is 5.41. The van der Waals surface area contributed by atoms with Gasteiger partial charge in [0.05, 0.1) is 0 Å². The van der Waals surface area contributed by atoms with Crippen LogP contribution >= 0.6 is 15.9 Å². The first-order valence-electron chi connectivity index (χ1n) is 5.19. The average molecular weight is 302 g/mol. The third-order valence-electron chi connectivity index (χ3n) is 2.47. The molecule has 0 heterocycles. The molecule has 5 heteroatoms. The van der Waals surface area contributed by atoms with E-state index in [0.29, 0.717) is 5.75 Å². The Hall–Kier alpha value is -1.07. The first-order valence-corrected chi connectivity index (χ1v) is 6.32. The molecule has 0 saturated carbocycles. The van der Waals surface area contributed by atoms with Crippen LogP contribution in [0.2, 0.25) is 0 Å². The molecule has 1 atom stereocenters. The first kappa shape index (κ1) is 14.0. The first-order chi connectivity index (χ1) is 7.89. The summed E-state index contributed by atoms with van der Waals surface area (Å²) in [5.41, 5.74) is 3.43. The van der Waals surface area contributed by atoms with Gasteiger partial charge < -0.3 is 9.94 Å². The highest BCUT2D eigenvalue weighted by molar-refractivity contribution is 9.09. The van der Waals surface area contributed by atoms with E-state index >= 15 is 0 Å². The van der Waals surface area contributed by atoms with E-state index in [1.54, 1.807) is 6.92 Å². The lowest BCUT2D eigenvalue weighted by atomic mass is 10.1. The van der Waals surface area contributed by atoms with Crippen molar-refractivity contribution < 1.29 is 14.7 Å². The maximum atomic E-state index is 11.1. The van der Waals surface area contributed by atoms with E-state index in [9.17, 15) is 4.79 Å². The summed E-state index contributed by atoms with van der Waals surface area (Å²) >= 11 is 3.16. The van der Waals surface area contributed by atoms with Gasteiger partial charge in [-0.3, -0.25) is 4.79 Å². The smallest absolute Gasteiger partial charge is 0.327 e. The molecule has 0 fully saturated rings. The molecule has 1 rings (SSSR count). The van der Waals surface area contributed by atoms with Crippen LogP contribution < -0.4 is 10.3 Å². The van der Waals surface area contributed by atoms with Crippen molar-refractivity contribution in [3.63, 3.8) is 0 Å². The van der Waals surface area contributed by atoms with Gasteiger partial charge in [0.25, 0.3) is 0 Å². The van der Waals surface area contributed by atoms with Crippen LogP contribution in [-0.2, 0) is 4.79 Å². The van der Waals surface area contributed by atoms with Gasteiger partial charge in [0, 0.05) is 5.33 Å². The van der Waals surface area contributed by atoms with Gasteiger partial charge in [-0.2, -0.15) is 0 Å². The normalized spacial score (nSPS) is 14.1. The Bertz CT molecular complexity index is 422. The number of carboxylic acids is 1. The van der Waals surface area contributed by atoms with Gasteiger partial charge in [-0.15, -0.1) is 5.48 Å². The molecule has 17 heavy (non-hydrogen) atoms. The molecule has 0 aliphatic carbocycles. The van der Waals surface area contributed by atoms with Crippen LogP contribution in [0.4, 0.5) is 0 Å². The van der Waals surface area contributed by atoms with Gasteiger partial charge in [0.15, 0.2) is 5.54 Å². The molecule has 0 spiro atoms. The van der Waals surface area contributed by atoms with Gasteiger partial charge in [-0.05, 0) is 38.0 Å². The molecular weight excluding hydrogens is 286 g/mol. The molecule has 0 amide bonds. The predicted octanol–water partition coefficient (Wildman–Crippen LogP) is 2.43. The summed E-state index contributed by atoms with van der Waals surface area (Å²) in [7, 11) is 0. The number of halogens is 1. The van der Waals surface area contributed by atoms with Gasteiger partial charge in [0.1, 0.15) is 5.75 Å². The van der Waals surface area contributed by atoms with Crippen molar-refractivity contribution in [1.29, 1.82) is 0 Å². The summed E-state index contributed by atoms with van der Waals surface area (Å²) in [5.74, 6) is -0.335. The lowest BCUT2D eigenvalue weighted by molar-refractivity contribution is -0.146. The molecule has 0 saturated heterocycles. The fourth-order valence-electron chi connectivity index (χ4n) is 1.11. The third-order valence-corrected chi connectivity index (χ3v) is 3.59. The van der Waals surface area contributed by atoms with Crippen LogP contribution in [0.5, 0.6) is 5.75 Å². The van der Waals surface area contributed by atoms with Gasteiger partial charge in [0.2, 0.25) is 0 Å². The largest absolute Gasteiger partial charge is 0.480 e. The van der Waals surface area contributed by atoms with E-state index in [1.165, 1.54) is 0 Å². The zero-order valence-electron chi connectivity index (χ0n) is 10.1. The Morgan fingerprint density at radius 3 is 2.71 bits per heavy atom. The van der Waals surface area contributed by atoms with Crippen molar-refractivity contribution in [2.75, 3.05) is 5.33 Å². The SMILES string of the molecule is Cc1ccc(C)c(ONC(C)(CBr)C(=O)O)c1.